The van der Waals surface area contributed by atoms with Crippen LogP contribution in [0.3, 0.4) is 0 Å². The molecule has 1 N–H and O–H groups in total. The maximum atomic E-state index is 11.9. The summed E-state index contributed by atoms with van der Waals surface area (Å²) in [6, 6.07) is 8.17. The molecule has 1 aromatic rings. The third-order valence-corrected chi connectivity index (χ3v) is 3.61. The number of alkyl halides is 3. The second-order valence-corrected chi connectivity index (χ2v) is 5.78. The smallest absolute Gasteiger partial charge is 0.308 e. The average molecular weight is 277 g/mol. The lowest BCUT2D eigenvalue weighted by molar-refractivity contribution is -0.124. The van der Waals surface area contributed by atoms with Crippen LogP contribution in [0.15, 0.2) is 24.3 Å². The Labute approximate surface area is 110 Å². The van der Waals surface area contributed by atoms with Crippen molar-refractivity contribution in [3.05, 3.63) is 35.4 Å². The maximum Gasteiger partial charge on any atom is 0.401 e. The van der Waals surface area contributed by atoms with Crippen LogP contribution in [0, 0.1) is 6.92 Å². The van der Waals surface area contributed by atoms with Gasteiger partial charge < -0.3 is 5.32 Å². The number of aryl methyl sites for hydroxylation is 1. The quantitative estimate of drug-likeness (QED) is 0.849. The van der Waals surface area contributed by atoms with Gasteiger partial charge in [0, 0.05) is 17.5 Å². The Balaban J connectivity index is 2.23. The van der Waals surface area contributed by atoms with E-state index in [9.17, 15) is 13.2 Å². The molecular formula is C13H18F3NS. The van der Waals surface area contributed by atoms with Gasteiger partial charge in [-0.1, -0.05) is 36.8 Å². The Morgan fingerprint density at radius 2 is 2.06 bits per heavy atom. The van der Waals surface area contributed by atoms with Crippen LogP contribution < -0.4 is 5.32 Å². The van der Waals surface area contributed by atoms with Crippen LogP contribution in [-0.2, 0) is 5.75 Å². The molecule has 0 fully saturated rings. The minimum Gasteiger partial charge on any atom is -0.308 e. The summed E-state index contributed by atoms with van der Waals surface area (Å²) in [4.78, 5) is 0. The molecule has 0 saturated heterocycles. The van der Waals surface area contributed by atoms with E-state index in [0.29, 0.717) is 6.54 Å². The molecular weight excluding hydrogens is 259 g/mol. The topological polar surface area (TPSA) is 12.0 Å². The van der Waals surface area contributed by atoms with Gasteiger partial charge in [-0.25, -0.2) is 0 Å². The third kappa shape index (κ3) is 6.91. The molecule has 0 spiro atoms. The van der Waals surface area contributed by atoms with E-state index in [1.54, 1.807) is 11.8 Å². The van der Waals surface area contributed by atoms with Crippen LogP contribution in [0.4, 0.5) is 13.2 Å². The van der Waals surface area contributed by atoms with Crippen molar-refractivity contribution >= 4 is 11.8 Å². The van der Waals surface area contributed by atoms with Crippen molar-refractivity contribution in [2.24, 2.45) is 0 Å². The first-order valence-corrected chi connectivity index (χ1v) is 6.86. The molecule has 1 atom stereocenters. The number of thioether (sulfide) groups is 1. The highest BCUT2D eigenvalue weighted by Gasteiger charge is 2.26. The molecule has 0 aromatic heterocycles. The fourth-order valence-corrected chi connectivity index (χ4v) is 2.41. The van der Waals surface area contributed by atoms with Gasteiger partial charge in [-0.05, 0) is 12.5 Å². The monoisotopic (exact) mass is 277 g/mol. The van der Waals surface area contributed by atoms with E-state index in [0.717, 1.165) is 5.75 Å². The highest BCUT2D eigenvalue weighted by molar-refractivity contribution is 7.99. The van der Waals surface area contributed by atoms with Gasteiger partial charge in [-0.2, -0.15) is 24.9 Å². The summed E-state index contributed by atoms with van der Waals surface area (Å²) in [6.07, 6.45) is -4.12. The normalized spacial score (nSPS) is 13.6. The van der Waals surface area contributed by atoms with Crippen molar-refractivity contribution < 1.29 is 13.2 Å². The van der Waals surface area contributed by atoms with Gasteiger partial charge in [0.2, 0.25) is 0 Å². The van der Waals surface area contributed by atoms with Gasteiger partial charge in [0.1, 0.15) is 0 Å². The Kier molecular flexibility index (Phi) is 6.02. The van der Waals surface area contributed by atoms with Crippen molar-refractivity contribution in [2.75, 3.05) is 13.1 Å². The molecule has 18 heavy (non-hydrogen) atoms. The summed E-state index contributed by atoms with van der Waals surface area (Å²) < 4.78 is 35.8. The second-order valence-electron chi connectivity index (χ2n) is 4.36. The molecule has 0 amide bonds. The highest BCUT2D eigenvalue weighted by Crippen LogP contribution is 2.18. The number of nitrogens with one attached hydrogen (secondary N) is 1. The van der Waals surface area contributed by atoms with Crippen LogP contribution in [0.25, 0.3) is 0 Å². The van der Waals surface area contributed by atoms with Gasteiger partial charge >= 0.3 is 6.18 Å². The van der Waals surface area contributed by atoms with E-state index >= 15 is 0 Å². The summed E-state index contributed by atoms with van der Waals surface area (Å²) in [5.74, 6) is 0.830. The minimum absolute atomic E-state index is 0.160. The standard InChI is InChI=1S/C13H18F3NS/c1-10-4-3-5-12(6-10)8-18-11(2)7-17-9-13(14,15)16/h3-6,11,17H,7-9H2,1-2H3. The summed E-state index contributed by atoms with van der Waals surface area (Å²) in [7, 11) is 0. The Morgan fingerprint density at radius 1 is 1.33 bits per heavy atom. The molecule has 1 unspecified atom stereocenters. The summed E-state index contributed by atoms with van der Waals surface area (Å²) in [5, 5.41) is 2.59. The fourth-order valence-electron chi connectivity index (χ4n) is 1.52. The predicted molar refractivity (Wildman–Crippen MR) is 70.9 cm³/mol. The number of benzene rings is 1. The van der Waals surface area contributed by atoms with E-state index < -0.39 is 12.7 Å². The van der Waals surface area contributed by atoms with E-state index in [1.807, 2.05) is 32.0 Å². The van der Waals surface area contributed by atoms with Crippen molar-refractivity contribution in [3.63, 3.8) is 0 Å². The maximum absolute atomic E-state index is 11.9. The lowest BCUT2D eigenvalue weighted by Gasteiger charge is -2.13. The molecule has 0 aliphatic rings. The van der Waals surface area contributed by atoms with Gasteiger partial charge in [0.15, 0.2) is 0 Å². The van der Waals surface area contributed by atoms with Crippen molar-refractivity contribution in [1.82, 2.24) is 5.32 Å². The lowest BCUT2D eigenvalue weighted by atomic mass is 10.2. The van der Waals surface area contributed by atoms with Crippen LogP contribution in [0.1, 0.15) is 18.1 Å². The first-order chi connectivity index (χ1) is 8.37. The third-order valence-electron chi connectivity index (χ3n) is 2.37. The van der Waals surface area contributed by atoms with E-state index in [-0.39, 0.29) is 5.25 Å². The molecule has 1 rings (SSSR count). The van der Waals surface area contributed by atoms with E-state index in [4.69, 9.17) is 0 Å². The van der Waals surface area contributed by atoms with Crippen molar-refractivity contribution in [1.29, 1.82) is 0 Å². The molecule has 1 nitrogen and oxygen atoms in total. The van der Waals surface area contributed by atoms with E-state index in [2.05, 4.69) is 11.4 Å². The molecule has 0 aliphatic carbocycles. The van der Waals surface area contributed by atoms with E-state index in [1.165, 1.54) is 11.1 Å². The van der Waals surface area contributed by atoms with Gasteiger partial charge in [0.25, 0.3) is 0 Å². The minimum atomic E-state index is -4.12. The summed E-state index contributed by atoms with van der Waals surface area (Å²) in [6.45, 7) is 3.42. The van der Waals surface area contributed by atoms with Crippen molar-refractivity contribution in [2.45, 2.75) is 31.0 Å². The summed E-state index contributed by atoms with van der Waals surface area (Å²) in [5.41, 5.74) is 2.42. The van der Waals surface area contributed by atoms with Crippen LogP contribution in [-0.4, -0.2) is 24.5 Å². The number of halogens is 3. The predicted octanol–water partition coefficient (Wildman–Crippen LogP) is 3.77. The number of hydrogen-bond acceptors (Lipinski definition) is 2. The zero-order chi connectivity index (χ0) is 13.6. The molecule has 0 saturated carbocycles. The largest absolute Gasteiger partial charge is 0.401 e. The lowest BCUT2D eigenvalue weighted by Crippen LogP contribution is -2.32. The zero-order valence-electron chi connectivity index (χ0n) is 10.6. The zero-order valence-corrected chi connectivity index (χ0v) is 11.4. The molecule has 1 aromatic carbocycles. The molecule has 0 bridgehead atoms. The van der Waals surface area contributed by atoms with Crippen molar-refractivity contribution in [3.8, 4) is 0 Å². The Bertz CT molecular complexity index is 365. The molecule has 0 heterocycles. The summed E-state index contributed by atoms with van der Waals surface area (Å²) >= 11 is 1.66. The fraction of sp³-hybridized carbons (Fsp3) is 0.538. The molecule has 102 valence electrons. The van der Waals surface area contributed by atoms with Crippen LogP contribution in [0.5, 0.6) is 0 Å². The van der Waals surface area contributed by atoms with Gasteiger partial charge in [-0.15, -0.1) is 0 Å². The van der Waals surface area contributed by atoms with Crippen LogP contribution in [0.2, 0.25) is 0 Å². The number of hydrogen-bond donors (Lipinski definition) is 1. The molecule has 0 aliphatic heterocycles. The number of rotatable bonds is 6. The first-order valence-electron chi connectivity index (χ1n) is 5.81. The van der Waals surface area contributed by atoms with Gasteiger partial charge in [-0.3, -0.25) is 0 Å². The first kappa shape index (κ1) is 15.4. The molecule has 5 heteroatoms. The Hall–Kier alpha value is -0.680. The van der Waals surface area contributed by atoms with Crippen LogP contribution >= 0.6 is 11.8 Å². The average Bonchev–Trinajstić information content (AvgIpc) is 2.25. The second kappa shape index (κ2) is 7.04. The van der Waals surface area contributed by atoms with Gasteiger partial charge in [0.05, 0.1) is 6.54 Å². The molecule has 0 radical (unpaired) electrons. The highest BCUT2D eigenvalue weighted by atomic mass is 32.2. The Morgan fingerprint density at radius 3 is 2.67 bits per heavy atom. The SMILES string of the molecule is Cc1cccc(CSC(C)CNCC(F)(F)F)c1.